The summed E-state index contributed by atoms with van der Waals surface area (Å²) in [4.78, 5) is 17.6. The molecule has 2 heterocycles. The summed E-state index contributed by atoms with van der Waals surface area (Å²) in [5, 5.41) is 3.40. The number of nitrogens with one attached hydrogen (secondary N) is 1. The third kappa shape index (κ3) is 3.58. The Bertz CT molecular complexity index is 370. The summed E-state index contributed by atoms with van der Waals surface area (Å²) in [6, 6.07) is 0.579. The van der Waals surface area contributed by atoms with E-state index in [1.165, 1.54) is 6.42 Å². The molecule has 0 aromatic heterocycles. The van der Waals surface area contributed by atoms with Crippen molar-refractivity contribution in [2.75, 3.05) is 53.0 Å². The molecule has 6 heteroatoms. The average molecular weight is 332 g/mol. The van der Waals surface area contributed by atoms with Gasteiger partial charge in [-0.3, -0.25) is 9.69 Å². The van der Waals surface area contributed by atoms with E-state index in [0.717, 1.165) is 65.0 Å². The van der Waals surface area contributed by atoms with E-state index in [4.69, 9.17) is 4.74 Å². The van der Waals surface area contributed by atoms with Crippen LogP contribution in [-0.2, 0) is 9.53 Å². The molecule has 1 atom stereocenters. The number of likely N-dealkylation sites (tertiary alicyclic amines) is 1. The Morgan fingerprint density at radius 2 is 2.00 bits per heavy atom. The van der Waals surface area contributed by atoms with Gasteiger partial charge < -0.3 is 15.0 Å². The van der Waals surface area contributed by atoms with Crippen molar-refractivity contribution < 1.29 is 9.53 Å². The number of rotatable bonds is 5. The molecule has 2 aliphatic heterocycles. The van der Waals surface area contributed by atoms with Gasteiger partial charge in [-0.1, -0.05) is 6.42 Å². The number of hydrogen-bond donors (Lipinski definition) is 1. The molecular weight excluding hydrogens is 302 g/mol. The van der Waals surface area contributed by atoms with E-state index in [0.29, 0.717) is 18.6 Å². The van der Waals surface area contributed by atoms with Crippen LogP contribution < -0.4 is 5.32 Å². The van der Waals surface area contributed by atoms with Gasteiger partial charge in [-0.25, -0.2) is 0 Å². The van der Waals surface area contributed by atoms with Crippen molar-refractivity contribution in [2.24, 2.45) is 5.41 Å². The molecule has 5 nitrogen and oxygen atoms in total. The summed E-state index contributed by atoms with van der Waals surface area (Å²) >= 11 is 0. The monoisotopic (exact) mass is 331 g/mol. The van der Waals surface area contributed by atoms with Crippen molar-refractivity contribution in [1.82, 2.24) is 15.1 Å². The van der Waals surface area contributed by atoms with E-state index in [2.05, 4.69) is 15.1 Å². The average Bonchev–Trinajstić information content (AvgIpc) is 2.97. The molecule has 0 radical (unpaired) electrons. The minimum absolute atomic E-state index is 0. The van der Waals surface area contributed by atoms with Gasteiger partial charge in [0.15, 0.2) is 0 Å². The molecule has 3 rings (SSSR count). The summed E-state index contributed by atoms with van der Waals surface area (Å²) in [5.74, 6) is 0.406. The summed E-state index contributed by atoms with van der Waals surface area (Å²) in [7, 11) is 1.73. The number of halogens is 1. The Labute approximate surface area is 140 Å². The molecule has 0 aromatic carbocycles. The minimum Gasteiger partial charge on any atom is -0.385 e. The lowest BCUT2D eigenvalue weighted by atomic mass is 9.66. The smallest absolute Gasteiger partial charge is 0.228 e. The highest BCUT2D eigenvalue weighted by atomic mass is 35.5. The number of nitrogens with zero attached hydrogens (tertiary/aromatic N) is 2. The Morgan fingerprint density at radius 1 is 1.27 bits per heavy atom. The fourth-order valence-electron chi connectivity index (χ4n) is 4.08. The van der Waals surface area contributed by atoms with Crippen LogP contribution in [0.5, 0.6) is 0 Å². The van der Waals surface area contributed by atoms with Crippen molar-refractivity contribution in [2.45, 2.75) is 38.1 Å². The first-order chi connectivity index (χ1) is 10.2. The molecule has 1 N–H and O–H groups in total. The maximum Gasteiger partial charge on any atom is 0.228 e. The lowest BCUT2D eigenvalue weighted by Gasteiger charge is -2.43. The number of methoxy groups -OCH3 is 1. The van der Waals surface area contributed by atoms with E-state index in [1.807, 2.05) is 0 Å². The highest BCUT2D eigenvalue weighted by molar-refractivity contribution is 5.85. The number of hydrogen-bond acceptors (Lipinski definition) is 4. The van der Waals surface area contributed by atoms with Gasteiger partial charge in [0.05, 0.1) is 5.41 Å². The fraction of sp³-hybridized carbons (Fsp3) is 0.938. The molecule has 0 aromatic rings. The van der Waals surface area contributed by atoms with Crippen LogP contribution in [0.15, 0.2) is 0 Å². The topological polar surface area (TPSA) is 44.8 Å². The van der Waals surface area contributed by atoms with Gasteiger partial charge in [0.25, 0.3) is 0 Å². The lowest BCUT2D eigenvalue weighted by Crippen LogP contribution is -2.51. The van der Waals surface area contributed by atoms with Gasteiger partial charge in [-0.2, -0.15) is 0 Å². The van der Waals surface area contributed by atoms with E-state index >= 15 is 0 Å². The van der Waals surface area contributed by atoms with Crippen LogP contribution in [0.2, 0.25) is 0 Å². The number of carbonyl (C=O) groups is 1. The normalized spacial score (nSPS) is 28.0. The molecule has 22 heavy (non-hydrogen) atoms. The molecule has 1 aliphatic carbocycles. The predicted octanol–water partition coefficient (Wildman–Crippen LogP) is 1.12. The molecule has 128 valence electrons. The van der Waals surface area contributed by atoms with Crippen LogP contribution in [0.3, 0.4) is 0 Å². The van der Waals surface area contributed by atoms with E-state index < -0.39 is 0 Å². The van der Waals surface area contributed by atoms with Crippen LogP contribution in [-0.4, -0.2) is 74.7 Å². The molecule has 1 amide bonds. The predicted molar refractivity (Wildman–Crippen MR) is 89.5 cm³/mol. The van der Waals surface area contributed by atoms with Gasteiger partial charge in [0.2, 0.25) is 5.91 Å². The maximum absolute atomic E-state index is 12.9. The molecular formula is C16H30ClN3O2. The molecule has 3 aliphatic rings. The number of amides is 1. The molecule has 3 fully saturated rings. The summed E-state index contributed by atoms with van der Waals surface area (Å²) < 4.78 is 5.22. The molecule has 0 spiro atoms. The van der Waals surface area contributed by atoms with Crippen LogP contribution in [0, 0.1) is 5.41 Å². The van der Waals surface area contributed by atoms with Crippen molar-refractivity contribution in [3.8, 4) is 0 Å². The fourth-order valence-corrected chi connectivity index (χ4v) is 4.08. The van der Waals surface area contributed by atoms with Gasteiger partial charge >= 0.3 is 0 Å². The second-order valence-electron chi connectivity index (χ2n) is 6.86. The van der Waals surface area contributed by atoms with Crippen LogP contribution in [0.1, 0.15) is 32.1 Å². The zero-order valence-electron chi connectivity index (χ0n) is 13.7. The first-order valence-corrected chi connectivity index (χ1v) is 8.48. The highest BCUT2D eigenvalue weighted by Crippen LogP contribution is 2.46. The lowest BCUT2D eigenvalue weighted by molar-refractivity contribution is -0.148. The number of ether oxygens (including phenoxy) is 1. The minimum atomic E-state index is -0.0889. The Kier molecular flexibility index (Phi) is 6.50. The second-order valence-corrected chi connectivity index (χ2v) is 6.86. The third-order valence-corrected chi connectivity index (χ3v) is 5.67. The Hall–Kier alpha value is -0.360. The molecule has 1 saturated carbocycles. The van der Waals surface area contributed by atoms with E-state index in [-0.39, 0.29) is 17.8 Å². The quantitative estimate of drug-likeness (QED) is 0.820. The van der Waals surface area contributed by atoms with Crippen LogP contribution in [0.4, 0.5) is 0 Å². The number of carbonyl (C=O) groups excluding carboxylic acids is 1. The largest absolute Gasteiger partial charge is 0.385 e. The maximum atomic E-state index is 12.9. The van der Waals surface area contributed by atoms with E-state index in [1.54, 1.807) is 7.11 Å². The van der Waals surface area contributed by atoms with Gasteiger partial charge in [-0.05, 0) is 25.7 Å². The zero-order valence-corrected chi connectivity index (χ0v) is 14.5. The SMILES string of the molecule is COCCC1(C(=O)N2CCC(N3CCNCC3)C2)CCC1.Cl. The summed E-state index contributed by atoms with van der Waals surface area (Å²) in [6.07, 6.45) is 5.36. The van der Waals surface area contributed by atoms with Crippen molar-refractivity contribution in [3.63, 3.8) is 0 Å². The van der Waals surface area contributed by atoms with Crippen molar-refractivity contribution >= 4 is 18.3 Å². The van der Waals surface area contributed by atoms with Gasteiger partial charge in [0.1, 0.15) is 0 Å². The van der Waals surface area contributed by atoms with Gasteiger partial charge in [0, 0.05) is 59.0 Å². The highest BCUT2D eigenvalue weighted by Gasteiger charge is 2.47. The second kappa shape index (κ2) is 7.95. The zero-order chi connectivity index (χ0) is 14.7. The summed E-state index contributed by atoms with van der Waals surface area (Å²) in [5.41, 5.74) is -0.0889. The Morgan fingerprint density at radius 3 is 2.59 bits per heavy atom. The Balaban J connectivity index is 0.00000176. The standard InChI is InChI=1S/C16H29N3O2.ClH/c1-21-12-6-16(4-2-5-16)15(20)19-9-3-14(13-19)18-10-7-17-8-11-18;/h14,17H,2-13H2,1H3;1H. The third-order valence-electron chi connectivity index (χ3n) is 5.67. The van der Waals surface area contributed by atoms with Crippen molar-refractivity contribution in [1.29, 1.82) is 0 Å². The summed E-state index contributed by atoms with van der Waals surface area (Å²) in [6.45, 7) is 7.02. The van der Waals surface area contributed by atoms with Crippen LogP contribution in [0.25, 0.3) is 0 Å². The molecule has 1 unspecified atom stereocenters. The van der Waals surface area contributed by atoms with Crippen molar-refractivity contribution in [3.05, 3.63) is 0 Å². The first kappa shape index (κ1) is 18.0. The van der Waals surface area contributed by atoms with Gasteiger partial charge in [-0.15, -0.1) is 12.4 Å². The number of piperazine rings is 1. The molecule has 0 bridgehead atoms. The first-order valence-electron chi connectivity index (χ1n) is 8.48. The molecule has 2 saturated heterocycles. The van der Waals surface area contributed by atoms with Crippen LogP contribution >= 0.6 is 12.4 Å². The van der Waals surface area contributed by atoms with E-state index in [9.17, 15) is 4.79 Å².